The number of benzene rings is 1. The number of unbranched alkanes of at least 4 members (excludes halogenated alkanes) is 1. The van der Waals surface area contributed by atoms with E-state index < -0.39 is 0 Å². The molecule has 1 aromatic carbocycles. The van der Waals surface area contributed by atoms with Crippen molar-refractivity contribution in [3.8, 4) is 0 Å². The van der Waals surface area contributed by atoms with Gasteiger partial charge >= 0.3 is 0 Å². The number of nitrogens with zero attached hydrogens (tertiary/aromatic N) is 3. The summed E-state index contributed by atoms with van der Waals surface area (Å²) in [5, 5.41) is 0. The standard InChI is InChI=1S/C21H33N3O/c1-3-4-10-20(25)23-15-17-24(18-16-23)21(11-13-22(2)14-12-21)19-8-6-5-7-9-19/h5-9H,3-4,10-18H2,1-2H3. The average molecular weight is 344 g/mol. The van der Waals surface area contributed by atoms with E-state index in [9.17, 15) is 4.79 Å². The quantitative estimate of drug-likeness (QED) is 0.822. The second kappa shape index (κ2) is 8.33. The molecule has 3 rings (SSSR count). The Bertz CT molecular complexity index is 544. The highest BCUT2D eigenvalue weighted by atomic mass is 16.2. The Labute approximate surface area is 152 Å². The van der Waals surface area contributed by atoms with E-state index in [1.165, 1.54) is 18.4 Å². The number of piperazine rings is 1. The zero-order valence-corrected chi connectivity index (χ0v) is 15.9. The monoisotopic (exact) mass is 343 g/mol. The smallest absolute Gasteiger partial charge is 0.222 e. The number of hydrogen-bond acceptors (Lipinski definition) is 3. The van der Waals surface area contributed by atoms with E-state index in [0.717, 1.165) is 52.1 Å². The molecule has 2 aliphatic heterocycles. The van der Waals surface area contributed by atoms with E-state index in [1.54, 1.807) is 0 Å². The van der Waals surface area contributed by atoms with Crippen LogP contribution in [0.5, 0.6) is 0 Å². The van der Waals surface area contributed by atoms with Crippen LogP contribution in [0.1, 0.15) is 44.6 Å². The van der Waals surface area contributed by atoms with Gasteiger partial charge in [-0.1, -0.05) is 43.7 Å². The van der Waals surface area contributed by atoms with E-state index in [2.05, 4.69) is 59.0 Å². The number of piperidine rings is 1. The minimum absolute atomic E-state index is 0.145. The van der Waals surface area contributed by atoms with Crippen LogP contribution in [0, 0.1) is 0 Å². The van der Waals surface area contributed by atoms with Gasteiger partial charge in [0, 0.05) is 38.1 Å². The molecule has 25 heavy (non-hydrogen) atoms. The molecule has 0 aromatic heterocycles. The molecule has 4 heteroatoms. The molecular formula is C21H33N3O. The Morgan fingerprint density at radius 1 is 1.00 bits per heavy atom. The van der Waals surface area contributed by atoms with Gasteiger partial charge in [-0.05, 0) is 45.0 Å². The van der Waals surface area contributed by atoms with Crippen molar-refractivity contribution in [1.82, 2.24) is 14.7 Å². The van der Waals surface area contributed by atoms with E-state index in [1.807, 2.05) is 0 Å². The Balaban J connectivity index is 1.70. The first-order chi connectivity index (χ1) is 12.2. The van der Waals surface area contributed by atoms with Gasteiger partial charge in [0.05, 0.1) is 0 Å². The first kappa shape index (κ1) is 18.4. The fourth-order valence-corrected chi connectivity index (χ4v) is 4.39. The van der Waals surface area contributed by atoms with Gasteiger partial charge in [0.25, 0.3) is 0 Å². The summed E-state index contributed by atoms with van der Waals surface area (Å²) in [7, 11) is 2.22. The van der Waals surface area contributed by atoms with Crippen LogP contribution < -0.4 is 0 Å². The van der Waals surface area contributed by atoms with Gasteiger partial charge in [-0.15, -0.1) is 0 Å². The molecule has 4 nitrogen and oxygen atoms in total. The second-order valence-corrected chi connectivity index (χ2v) is 7.67. The van der Waals surface area contributed by atoms with Crippen LogP contribution in [0.25, 0.3) is 0 Å². The van der Waals surface area contributed by atoms with Crippen LogP contribution in [0.4, 0.5) is 0 Å². The summed E-state index contributed by atoms with van der Waals surface area (Å²) >= 11 is 0. The summed E-state index contributed by atoms with van der Waals surface area (Å²) < 4.78 is 0. The molecular weight excluding hydrogens is 310 g/mol. The molecule has 0 aliphatic carbocycles. The molecule has 138 valence electrons. The summed E-state index contributed by atoms with van der Waals surface area (Å²) in [6.07, 6.45) is 5.18. The molecule has 0 spiro atoms. The Kier molecular flexibility index (Phi) is 6.13. The molecule has 0 atom stereocenters. The van der Waals surface area contributed by atoms with Gasteiger partial charge in [0.1, 0.15) is 0 Å². The van der Waals surface area contributed by atoms with Crippen molar-refractivity contribution in [2.45, 2.75) is 44.6 Å². The summed E-state index contributed by atoms with van der Waals surface area (Å²) in [4.78, 5) is 19.5. The highest BCUT2D eigenvalue weighted by molar-refractivity contribution is 5.76. The fraction of sp³-hybridized carbons (Fsp3) is 0.667. The van der Waals surface area contributed by atoms with Crippen molar-refractivity contribution in [2.24, 2.45) is 0 Å². The Morgan fingerprint density at radius 3 is 2.24 bits per heavy atom. The maximum Gasteiger partial charge on any atom is 0.222 e. The van der Waals surface area contributed by atoms with Gasteiger partial charge in [-0.2, -0.15) is 0 Å². The molecule has 1 aromatic rings. The topological polar surface area (TPSA) is 26.8 Å². The van der Waals surface area contributed by atoms with E-state index in [-0.39, 0.29) is 5.54 Å². The van der Waals surface area contributed by atoms with Crippen molar-refractivity contribution < 1.29 is 4.79 Å². The molecule has 0 bridgehead atoms. The zero-order valence-electron chi connectivity index (χ0n) is 15.9. The molecule has 2 fully saturated rings. The van der Waals surface area contributed by atoms with Crippen molar-refractivity contribution in [3.63, 3.8) is 0 Å². The van der Waals surface area contributed by atoms with Crippen molar-refractivity contribution in [1.29, 1.82) is 0 Å². The fourth-order valence-electron chi connectivity index (χ4n) is 4.39. The number of carbonyl (C=O) groups excluding carboxylic acids is 1. The van der Waals surface area contributed by atoms with E-state index >= 15 is 0 Å². The normalized spacial score (nSPS) is 22.1. The first-order valence-electron chi connectivity index (χ1n) is 9.92. The number of amides is 1. The zero-order chi connectivity index (χ0) is 17.7. The minimum Gasteiger partial charge on any atom is -0.340 e. The average Bonchev–Trinajstić information content (AvgIpc) is 2.68. The van der Waals surface area contributed by atoms with Crippen LogP contribution in [-0.2, 0) is 10.3 Å². The van der Waals surface area contributed by atoms with Crippen molar-refractivity contribution in [3.05, 3.63) is 35.9 Å². The minimum atomic E-state index is 0.145. The molecule has 2 heterocycles. The third kappa shape index (κ3) is 4.06. The summed E-state index contributed by atoms with van der Waals surface area (Å²) in [6, 6.07) is 11.0. The van der Waals surface area contributed by atoms with Gasteiger partial charge in [0.2, 0.25) is 5.91 Å². The van der Waals surface area contributed by atoms with Gasteiger partial charge in [0.15, 0.2) is 0 Å². The first-order valence-corrected chi connectivity index (χ1v) is 9.92. The maximum atomic E-state index is 12.3. The number of carbonyl (C=O) groups is 1. The molecule has 2 aliphatic rings. The maximum absolute atomic E-state index is 12.3. The lowest BCUT2D eigenvalue weighted by Crippen LogP contribution is -2.59. The van der Waals surface area contributed by atoms with Crippen LogP contribution in [0.15, 0.2) is 30.3 Å². The second-order valence-electron chi connectivity index (χ2n) is 7.67. The lowest BCUT2D eigenvalue weighted by atomic mass is 9.79. The largest absolute Gasteiger partial charge is 0.340 e. The lowest BCUT2D eigenvalue weighted by molar-refractivity contribution is -0.134. The molecule has 0 N–H and O–H groups in total. The third-order valence-electron chi connectivity index (χ3n) is 6.11. The SMILES string of the molecule is CCCCC(=O)N1CCN(C2(c3ccccc3)CCN(C)CC2)CC1. The van der Waals surface area contributed by atoms with Crippen LogP contribution in [0.3, 0.4) is 0 Å². The lowest BCUT2D eigenvalue weighted by Gasteiger charge is -2.51. The molecule has 0 unspecified atom stereocenters. The predicted octanol–water partition coefficient (Wildman–Crippen LogP) is 2.94. The Morgan fingerprint density at radius 2 is 1.64 bits per heavy atom. The van der Waals surface area contributed by atoms with Gasteiger partial charge in [-0.3, -0.25) is 9.69 Å². The summed E-state index contributed by atoms with van der Waals surface area (Å²) in [5.41, 5.74) is 1.60. The Hall–Kier alpha value is -1.39. The molecule has 2 saturated heterocycles. The predicted molar refractivity (Wildman–Crippen MR) is 103 cm³/mol. The number of rotatable bonds is 5. The summed E-state index contributed by atoms with van der Waals surface area (Å²) in [6.45, 7) is 8.19. The molecule has 1 amide bonds. The van der Waals surface area contributed by atoms with Crippen LogP contribution in [0.2, 0.25) is 0 Å². The summed E-state index contributed by atoms with van der Waals surface area (Å²) in [5.74, 6) is 0.346. The van der Waals surface area contributed by atoms with Crippen LogP contribution >= 0.6 is 0 Å². The molecule has 0 radical (unpaired) electrons. The highest BCUT2D eigenvalue weighted by Crippen LogP contribution is 2.39. The van der Waals surface area contributed by atoms with Crippen molar-refractivity contribution >= 4 is 5.91 Å². The number of likely N-dealkylation sites (tertiary alicyclic amines) is 1. The van der Waals surface area contributed by atoms with E-state index in [4.69, 9.17) is 0 Å². The van der Waals surface area contributed by atoms with Gasteiger partial charge < -0.3 is 9.80 Å². The third-order valence-corrected chi connectivity index (χ3v) is 6.11. The van der Waals surface area contributed by atoms with Crippen molar-refractivity contribution in [2.75, 3.05) is 46.3 Å². The highest BCUT2D eigenvalue weighted by Gasteiger charge is 2.42. The molecule has 0 saturated carbocycles. The van der Waals surface area contributed by atoms with E-state index in [0.29, 0.717) is 12.3 Å². The van der Waals surface area contributed by atoms with Gasteiger partial charge in [-0.25, -0.2) is 0 Å². The van der Waals surface area contributed by atoms with Crippen LogP contribution in [-0.4, -0.2) is 66.9 Å². The number of hydrogen-bond donors (Lipinski definition) is 0.